The van der Waals surface area contributed by atoms with Crippen LogP contribution < -0.4 is 0 Å². The molecule has 0 radical (unpaired) electrons. The van der Waals surface area contributed by atoms with Gasteiger partial charge in [-0.3, -0.25) is 4.90 Å². The van der Waals surface area contributed by atoms with Gasteiger partial charge in [0.2, 0.25) is 0 Å². The summed E-state index contributed by atoms with van der Waals surface area (Å²) in [6.07, 6.45) is 0.994. The number of β-amino-alcohol motifs (C(OH)–C–C–N with tert-alkyl or cyclic N) is 1. The summed E-state index contributed by atoms with van der Waals surface area (Å²) in [4.78, 5) is 2.37. The van der Waals surface area contributed by atoms with Crippen LogP contribution in [0.25, 0.3) is 0 Å². The number of aliphatic hydroxyl groups excluding tert-OH is 1. The van der Waals surface area contributed by atoms with Gasteiger partial charge in [-0.15, -0.1) is 0 Å². The van der Waals surface area contributed by atoms with E-state index in [1.807, 2.05) is 6.07 Å². The minimum absolute atomic E-state index is 0.138. The van der Waals surface area contributed by atoms with Gasteiger partial charge in [-0.1, -0.05) is 44.2 Å². The van der Waals surface area contributed by atoms with Gasteiger partial charge in [0.1, 0.15) is 0 Å². The van der Waals surface area contributed by atoms with Crippen LogP contribution in [-0.2, 0) is 6.54 Å². The lowest BCUT2D eigenvalue weighted by Crippen LogP contribution is -2.21. The minimum atomic E-state index is -0.138. The highest BCUT2D eigenvalue weighted by molar-refractivity contribution is 5.14. The van der Waals surface area contributed by atoms with Gasteiger partial charge in [0.15, 0.2) is 0 Å². The lowest BCUT2D eigenvalue weighted by molar-refractivity contribution is 0.131. The van der Waals surface area contributed by atoms with Gasteiger partial charge in [0.05, 0.1) is 6.10 Å². The van der Waals surface area contributed by atoms with Crippen molar-refractivity contribution in [3.63, 3.8) is 0 Å². The van der Waals surface area contributed by atoms with Crippen molar-refractivity contribution in [2.75, 3.05) is 13.1 Å². The van der Waals surface area contributed by atoms with Crippen LogP contribution in [0.3, 0.4) is 0 Å². The van der Waals surface area contributed by atoms with Gasteiger partial charge in [-0.25, -0.2) is 0 Å². The maximum absolute atomic E-state index is 10.0. The number of hydrogen-bond acceptors (Lipinski definition) is 2. The van der Waals surface area contributed by atoms with Crippen molar-refractivity contribution in [3.8, 4) is 0 Å². The fourth-order valence-electron chi connectivity index (χ4n) is 2.75. The zero-order chi connectivity index (χ0) is 12.3. The molecule has 0 saturated carbocycles. The third-order valence-electron chi connectivity index (χ3n) is 3.51. The summed E-state index contributed by atoms with van der Waals surface area (Å²) in [5.74, 6) is 1.13. The summed E-state index contributed by atoms with van der Waals surface area (Å²) in [6.45, 7) is 7.28. The van der Waals surface area contributed by atoms with Gasteiger partial charge in [0, 0.05) is 19.6 Å². The molecule has 2 unspecified atom stereocenters. The lowest BCUT2D eigenvalue weighted by Gasteiger charge is -2.16. The maximum atomic E-state index is 10.0. The van der Waals surface area contributed by atoms with Crippen LogP contribution in [0.1, 0.15) is 25.8 Å². The number of rotatable bonds is 4. The predicted molar refractivity (Wildman–Crippen MR) is 70.7 cm³/mol. The molecule has 1 aliphatic rings. The number of likely N-dealkylation sites (tertiary alicyclic amines) is 1. The van der Waals surface area contributed by atoms with Crippen molar-refractivity contribution < 1.29 is 5.11 Å². The highest BCUT2D eigenvalue weighted by atomic mass is 16.3. The van der Waals surface area contributed by atoms with Crippen molar-refractivity contribution in [1.29, 1.82) is 0 Å². The summed E-state index contributed by atoms with van der Waals surface area (Å²) < 4.78 is 0. The fourth-order valence-corrected chi connectivity index (χ4v) is 2.75. The molecule has 0 spiro atoms. The van der Waals surface area contributed by atoms with E-state index in [-0.39, 0.29) is 6.10 Å². The van der Waals surface area contributed by atoms with Gasteiger partial charge >= 0.3 is 0 Å². The van der Waals surface area contributed by atoms with Crippen molar-refractivity contribution in [2.45, 2.75) is 32.9 Å². The van der Waals surface area contributed by atoms with Crippen LogP contribution in [0.15, 0.2) is 30.3 Å². The van der Waals surface area contributed by atoms with E-state index in [1.54, 1.807) is 0 Å². The summed E-state index contributed by atoms with van der Waals surface area (Å²) in [6, 6.07) is 10.5. The van der Waals surface area contributed by atoms with Crippen molar-refractivity contribution >= 4 is 0 Å². The highest BCUT2D eigenvalue weighted by Crippen LogP contribution is 2.25. The third kappa shape index (κ3) is 3.55. The summed E-state index contributed by atoms with van der Waals surface area (Å²) >= 11 is 0. The Bertz CT molecular complexity index is 336. The topological polar surface area (TPSA) is 23.5 Å². The first-order valence-electron chi connectivity index (χ1n) is 6.59. The standard InChI is InChI=1S/C15H23NO/c1-12(2)8-14-10-16(11-15(14)17)9-13-6-4-3-5-7-13/h3-7,12,14-15,17H,8-11H2,1-2H3. The molecule has 0 bridgehead atoms. The van der Waals surface area contributed by atoms with Gasteiger partial charge in [0.25, 0.3) is 0 Å². The summed E-state index contributed by atoms with van der Waals surface area (Å²) in [5.41, 5.74) is 1.34. The Kier molecular flexibility index (Phi) is 4.19. The van der Waals surface area contributed by atoms with E-state index in [4.69, 9.17) is 0 Å². The fraction of sp³-hybridized carbons (Fsp3) is 0.600. The van der Waals surface area contributed by atoms with Crippen LogP contribution in [0.2, 0.25) is 0 Å². The van der Waals surface area contributed by atoms with E-state index in [9.17, 15) is 5.11 Å². The number of benzene rings is 1. The molecule has 0 aromatic heterocycles. The molecule has 2 heteroatoms. The van der Waals surface area contributed by atoms with Gasteiger partial charge < -0.3 is 5.11 Å². The quantitative estimate of drug-likeness (QED) is 0.864. The molecule has 2 nitrogen and oxygen atoms in total. The monoisotopic (exact) mass is 233 g/mol. The molecule has 2 rings (SSSR count). The first kappa shape index (κ1) is 12.6. The first-order valence-corrected chi connectivity index (χ1v) is 6.59. The first-order chi connectivity index (χ1) is 8.15. The zero-order valence-corrected chi connectivity index (χ0v) is 10.8. The predicted octanol–water partition coefficient (Wildman–Crippen LogP) is 2.53. The number of nitrogens with zero attached hydrogens (tertiary/aromatic N) is 1. The Hall–Kier alpha value is -0.860. The Labute approximate surface area is 104 Å². The molecule has 0 amide bonds. The molecule has 1 aromatic rings. The second kappa shape index (κ2) is 5.65. The number of aliphatic hydroxyl groups is 1. The maximum Gasteiger partial charge on any atom is 0.0707 e. The second-order valence-corrected chi connectivity index (χ2v) is 5.64. The van der Waals surface area contributed by atoms with Crippen LogP contribution in [0.5, 0.6) is 0 Å². The molecule has 94 valence electrons. The smallest absolute Gasteiger partial charge is 0.0707 e. The molecular formula is C15H23NO. The number of hydrogen-bond donors (Lipinski definition) is 1. The molecule has 1 N–H and O–H groups in total. The third-order valence-corrected chi connectivity index (χ3v) is 3.51. The molecule has 2 atom stereocenters. The van der Waals surface area contributed by atoms with E-state index in [0.717, 1.165) is 26.1 Å². The molecule has 1 heterocycles. The Morgan fingerprint density at radius 3 is 2.59 bits per heavy atom. The average Bonchev–Trinajstić information content (AvgIpc) is 2.59. The average molecular weight is 233 g/mol. The van der Waals surface area contributed by atoms with E-state index >= 15 is 0 Å². The molecule has 1 fully saturated rings. The van der Waals surface area contributed by atoms with E-state index in [2.05, 4.69) is 43.0 Å². The Morgan fingerprint density at radius 1 is 1.24 bits per heavy atom. The molecule has 1 saturated heterocycles. The van der Waals surface area contributed by atoms with Crippen LogP contribution in [0.4, 0.5) is 0 Å². The van der Waals surface area contributed by atoms with Gasteiger partial charge in [-0.05, 0) is 23.8 Å². The summed E-state index contributed by atoms with van der Waals surface area (Å²) in [5, 5.41) is 10.0. The van der Waals surface area contributed by atoms with E-state index in [1.165, 1.54) is 5.56 Å². The second-order valence-electron chi connectivity index (χ2n) is 5.64. The molecule has 1 aromatic carbocycles. The van der Waals surface area contributed by atoms with Crippen molar-refractivity contribution in [3.05, 3.63) is 35.9 Å². The van der Waals surface area contributed by atoms with E-state index in [0.29, 0.717) is 11.8 Å². The molecule has 0 aliphatic carbocycles. The van der Waals surface area contributed by atoms with Crippen molar-refractivity contribution in [2.24, 2.45) is 11.8 Å². The van der Waals surface area contributed by atoms with Crippen LogP contribution >= 0.6 is 0 Å². The van der Waals surface area contributed by atoms with Crippen LogP contribution in [0, 0.1) is 11.8 Å². The van der Waals surface area contributed by atoms with Crippen LogP contribution in [-0.4, -0.2) is 29.2 Å². The van der Waals surface area contributed by atoms with E-state index < -0.39 is 0 Å². The van der Waals surface area contributed by atoms with Crippen molar-refractivity contribution in [1.82, 2.24) is 4.90 Å². The SMILES string of the molecule is CC(C)CC1CN(Cc2ccccc2)CC1O. The van der Waals surface area contributed by atoms with Gasteiger partial charge in [-0.2, -0.15) is 0 Å². The zero-order valence-electron chi connectivity index (χ0n) is 10.8. The highest BCUT2D eigenvalue weighted by Gasteiger charge is 2.31. The molecular weight excluding hydrogens is 210 g/mol. The minimum Gasteiger partial charge on any atom is -0.391 e. The Morgan fingerprint density at radius 2 is 1.94 bits per heavy atom. The largest absolute Gasteiger partial charge is 0.391 e. The molecule has 1 aliphatic heterocycles. The Balaban J connectivity index is 1.88. The normalized spacial score (nSPS) is 25.6. The summed E-state index contributed by atoms with van der Waals surface area (Å²) in [7, 11) is 0. The molecule has 17 heavy (non-hydrogen) atoms. The lowest BCUT2D eigenvalue weighted by atomic mass is 9.95.